The molecule has 1 nitrogen and oxygen atoms in total. The van der Waals surface area contributed by atoms with Gasteiger partial charge in [-0.15, -0.1) is 0 Å². The first-order valence-electron chi connectivity index (χ1n) is 22.8. The molecule has 64 heavy (non-hydrogen) atoms. The molecule has 12 rings (SSSR count). The van der Waals surface area contributed by atoms with Crippen molar-refractivity contribution in [1.82, 2.24) is 0 Å². The summed E-state index contributed by atoms with van der Waals surface area (Å²) in [7, 11) is 0. The standard InChI is InChI=1S/C63H47N/c1-4-21-51(22-5-1)63(52-23-6-2-7-24-52)60-30-15-14-28-57(60)59-42-58(48-34-32-47(33-35-48)56-29-16-20-46-18-12-13-27-55(46)56)62(43-61(59)63)64(53-25-8-3-9-26-53)54-39-37-45(38-40-54)50-36-31-44-17-10-11-19-49(44)41-50/h1-11,14-17,19-26,28-43H,12-13,18,27H2. The first-order chi connectivity index (χ1) is 31.7. The fourth-order valence-electron chi connectivity index (χ4n) is 10.9. The number of nitrogens with zero attached hydrogens (tertiary/aromatic N) is 1. The monoisotopic (exact) mass is 817 g/mol. The average molecular weight is 818 g/mol. The van der Waals surface area contributed by atoms with E-state index in [2.05, 4.69) is 241 Å². The first kappa shape index (κ1) is 38.0. The van der Waals surface area contributed by atoms with Crippen LogP contribution in [0.2, 0.25) is 0 Å². The number of hydrogen-bond donors (Lipinski definition) is 0. The van der Waals surface area contributed by atoms with Gasteiger partial charge in [0.25, 0.3) is 0 Å². The van der Waals surface area contributed by atoms with Gasteiger partial charge in [-0.05, 0) is 151 Å². The third kappa shape index (κ3) is 6.30. The maximum atomic E-state index is 2.52. The minimum Gasteiger partial charge on any atom is -0.310 e. The van der Waals surface area contributed by atoms with Crippen molar-refractivity contribution in [3.63, 3.8) is 0 Å². The van der Waals surface area contributed by atoms with Crippen LogP contribution in [0.15, 0.2) is 237 Å². The summed E-state index contributed by atoms with van der Waals surface area (Å²) in [6.45, 7) is 0. The third-order valence-electron chi connectivity index (χ3n) is 13.9. The summed E-state index contributed by atoms with van der Waals surface area (Å²) in [5, 5.41) is 2.50. The second-order valence-corrected chi connectivity index (χ2v) is 17.5. The van der Waals surface area contributed by atoms with Crippen LogP contribution < -0.4 is 4.90 Å². The van der Waals surface area contributed by atoms with Gasteiger partial charge in [0.15, 0.2) is 0 Å². The molecule has 0 radical (unpaired) electrons. The number of benzene rings is 10. The lowest BCUT2D eigenvalue weighted by atomic mass is 9.67. The van der Waals surface area contributed by atoms with Gasteiger partial charge in [0.05, 0.1) is 11.1 Å². The van der Waals surface area contributed by atoms with Crippen molar-refractivity contribution in [3.05, 3.63) is 270 Å². The minimum atomic E-state index is -0.541. The van der Waals surface area contributed by atoms with E-state index >= 15 is 0 Å². The highest BCUT2D eigenvalue weighted by Gasteiger charge is 2.46. The molecule has 2 aliphatic carbocycles. The molecule has 10 aromatic carbocycles. The molecule has 2 aliphatic rings. The van der Waals surface area contributed by atoms with Gasteiger partial charge in [0.1, 0.15) is 0 Å². The van der Waals surface area contributed by atoms with Crippen LogP contribution in [0.5, 0.6) is 0 Å². The van der Waals surface area contributed by atoms with Crippen LogP contribution in [0.3, 0.4) is 0 Å². The smallest absolute Gasteiger partial charge is 0.0714 e. The van der Waals surface area contributed by atoms with Gasteiger partial charge in [0.2, 0.25) is 0 Å². The van der Waals surface area contributed by atoms with Crippen molar-refractivity contribution < 1.29 is 0 Å². The van der Waals surface area contributed by atoms with Crippen LogP contribution in [0.4, 0.5) is 17.1 Å². The molecule has 0 spiro atoms. The van der Waals surface area contributed by atoms with Crippen molar-refractivity contribution in [2.75, 3.05) is 4.90 Å². The Hall–Kier alpha value is -7.74. The fourth-order valence-corrected chi connectivity index (χ4v) is 10.9. The Balaban J connectivity index is 1.10. The number of aryl methyl sites for hydroxylation is 1. The molecule has 0 atom stereocenters. The SMILES string of the molecule is c1ccc(N(c2ccc(-c3ccc4ccccc4c3)cc2)c2cc3c(cc2-c2ccc(-c4cccc5c4CCCC5)cc2)-c2ccccc2C3(c2ccccc2)c2ccccc2)cc1. The molecule has 0 unspecified atom stereocenters. The predicted octanol–water partition coefficient (Wildman–Crippen LogP) is 16.6. The van der Waals surface area contributed by atoms with Gasteiger partial charge in [0, 0.05) is 16.9 Å². The molecule has 0 saturated heterocycles. The van der Waals surface area contributed by atoms with Gasteiger partial charge >= 0.3 is 0 Å². The van der Waals surface area contributed by atoms with E-state index in [-0.39, 0.29) is 0 Å². The van der Waals surface area contributed by atoms with Gasteiger partial charge in [-0.1, -0.05) is 194 Å². The van der Waals surface area contributed by atoms with Crippen molar-refractivity contribution >= 4 is 27.8 Å². The highest BCUT2D eigenvalue weighted by Crippen LogP contribution is 2.59. The topological polar surface area (TPSA) is 3.24 Å². The van der Waals surface area contributed by atoms with E-state index in [9.17, 15) is 0 Å². The lowest BCUT2D eigenvalue weighted by molar-refractivity contribution is 0.687. The maximum Gasteiger partial charge on any atom is 0.0714 e. The Morgan fingerprint density at radius 1 is 0.328 bits per heavy atom. The number of para-hydroxylation sites is 1. The highest BCUT2D eigenvalue weighted by atomic mass is 15.1. The second-order valence-electron chi connectivity index (χ2n) is 17.5. The van der Waals surface area contributed by atoms with Crippen LogP contribution >= 0.6 is 0 Å². The number of rotatable bonds is 8. The number of anilines is 3. The van der Waals surface area contributed by atoms with E-state index < -0.39 is 5.41 Å². The Labute approximate surface area is 376 Å². The van der Waals surface area contributed by atoms with Gasteiger partial charge < -0.3 is 4.90 Å². The summed E-state index contributed by atoms with van der Waals surface area (Å²) in [5.74, 6) is 0. The quantitative estimate of drug-likeness (QED) is 0.148. The molecule has 304 valence electrons. The molecule has 0 saturated carbocycles. The zero-order valence-corrected chi connectivity index (χ0v) is 35.8. The van der Waals surface area contributed by atoms with Crippen LogP contribution in [-0.2, 0) is 18.3 Å². The molecule has 0 aliphatic heterocycles. The first-order valence-corrected chi connectivity index (χ1v) is 22.8. The molecule has 0 N–H and O–H groups in total. The number of fused-ring (bicyclic) bond motifs is 5. The molecular formula is C63H47N. The van der Waals surface area contributed by atoms with Gasteiger partial charge in [-0.3, -0.25) is 0 Å². The predicted molar refractivity (Wildman–Crippen MR) is 269 cm³/mol. The molecule has 0 bridgehead atoms. The van der Waals surface area contributed by atoms with E-state index in [0.29, 0.717) is 0 Å². The van der Waals surface area contributed by atoms with Crippen molar-refractivity contribution in [3.8, 4) is 44.5 Å². The van der Waals surface area contributed by atoms with E-state index in [1.807, 2.05) is 0 Å². The molecular weight excluding hydrogens is 771 g/mol. The second kappa shape index (κ2) is 15.9. The highest BCUT2D eigenvalue weighted by molar-refractivity contribution is 5.97. The van der Waals surface area contributed by atoms with Gasteiger partial charge in [-0.25, -0.2) is 0 Å². The summed E-state index contributed by atoms with van der Waals surface area (Å²) in [6, 6.07) is 88.2. The number of hydrogen-bond acceptors (Lipinski definition) is 1. The zero-order valence-electron chi connectivity index (χ0n) is 35.8. The van der Waals surface area contributed by atoms with E-state index in [1.165, 1.54) is 108 Å². The molecule has 10 aromatic rings. The van der Waals surface area contributed by atoms with E-state index in [0.717, 1.165) is 23.5 Å². The molecule has 0 heterocycles. The van der Waals surface area contributed by atoms with E-state index in [4.69, 9.17) is 0 Å². The summed E-state index contributed by atoms with van der Waals surface area (Å²) in [5.41, 5.74) is 20.9. The fraction of sp³-hybridized carbons (Fsp3) is 0.0794. The molecule has 0 fully saturated rings. The lowest BCUT2D eigenvalue weighted by Crippen LogP contribution is -2.28. The van der Waals surface area contributed by atoms with Crippen LogP contribution in [0, 0.1) is 0 Å². The lowest BCUT2D eigenvalue weighted by Gasteiger charge is -2.35. The zero-order chi connectivity index (χ0) is 42.5. The van der Waals surface area contributed by atoms with Crippen molar-refractivity contribution in [2.24, 2.45) is 0 Å². The summed E-state index contributed by atoms with van der Waals surface area (Å²) in [4.78, 5) is 2.48. The largest absolute Gasteiger partial charge is 0.310 e. The summed E-state index contributed by atoms with van der Waals surface area (Å²) >= 11 is 0. The summed E-state index contributed by atoms with van der Waals surface area (Å²) < 4.78 is 0. The van der Waals surface area contributed by atoms with Crippen LogP contribution in [0.1, 0.15) is 46.2 Å². The third-order valence-corrected chi connectivity index (χ3v) is 13.9. The Morgan fingerprint density at radius 3 is 1.62 bits per heavy atom. The Kier molecular flexibility index (Phi) is 9.42. The Morgan fingerprint density at radius 2 is 0.891 bits per heavy atom. The Bertz CT molecular complexity index is 3250. The molecule has 0 aromatic heterocycles. The summed E-state index contributed by atoms with van der Waals surface area (Å²) in [6.07, 6.45) is 4.86. The maximum absolute atomic E-state index is 2.52. The molecule has 0 amide bonds. The van der Waals surface area contributed by atoms with Gasteiger partial charge in [-0.2, -0.15) is 0 Å². The average Bonchev–Trinajstić information content (AvgIpc) is 3.67. The van der Waals surface area contributed by atoms with Crippen LogP contribution in [-0.4, -0.2) is 0 Å². The molecule has 1 heteroatoms. The van der Waals surface area contributed by atoms with Crippen LogP contribution in [0.25, 0.3) is 55.3 Å². The van der Waals surface area contributed by atoms with Crippen molar-refractivity contribution in [1.29, 1.82) is 0 Å². The van der Waals surface area contributed by atoms with E-state index in [1.54, 1.807) is 0 Å². The van der Waals surface area contributed by atoms with Crippen molar-refractivity contribution in [2.45, 2.75) is 31.1 Å². The minimum absolute atomic E-state index is 0.541. The normalized spacial score (nSPS) is 13.5.